The first-order valence-electron chi connectivity index (χ1n) is 7.66. The van der Waals surface area contributed by atoms with E-state index in [2.05, 4.69) is 10.1 Å². The van der Waals surface area contributed by atoms with Gasteiger partial charge in [-0.05, 0) is 36.8 Å². The maximum atomic E-state index is 14.0. The van der Waals surface area contributed by atoms with Crippen LogP contribution >= 0.6 is 0 Å². The van der Waals surface area contributed by atoms with Crippen molar-refractivity contribution < 1.29 is 8.78 Å². The Bertz CT molecular complexity index is 1130. The molecular weight excluding hydrogens is 324 g/mol. The van der Waals surface area contributed by atoms with Gasteiger partial charge in [0.05, 0.1) is 22.3 Å². The fourth-order valence-electron chi connectivity index (χ4n) is 2.92. The zero-order chi connectivity index (χ0) is 17.6. The molecule has 4 nitrogen and oxygen atoms in total. The van der Waals surface area contributed by atoms with Crippen LogP contribution in [0.3, 0.4) is 0 Å². The van der Waals surface area contributed by atoms with Crippen LogP contribution in [0.1, 0.15) is 5.56 Å². The number of aromatic amines is 1. The first-order chi connectivity index (χ1) is 12.0. The Hall–Kier alpha value is -3.28. The normalized spacial score (nSPS) is 11.2. The van der Waals surface area contributed by atoms with Crippen molar-refractivity contribution in [1.29, 1.82) is 0 Å². The number of nitrogens with zero attached hydrogens (tertiary/aromatic N) is 2. The Morgan fingerprint density at radius 1 is 1.12 bits per heavy atom. The number of benzene rings is 2. The molecule has 4 rings (SSSR count). The molecule has 0 saturated carbocycles. The number of hydrogen-bond acceptors (Lipinski definition) is 2. The average Bonchev–Trinajstić information content (AvgIpc) is 3.12. The summed E-state index contributed by atoms with van der Waals surface area (Å²) in [5, 5.41) is 4.03. The standard InChI is InChI=1S/C19H13F2N3O/c1-11-18(12-3-5-14(6-4-12)24-8-2-7-22-24)23-16-10-13(20)9-15(21)17(16)19(11)25/h2-10H,1H3,(H,23,25). The molecule has 0 aliphatic rings. The van der Waals surface area contributed by atoms with E-state index in [1.54, 1.807) is 17.8 Å². The first kappa shape index (κ1) is 15.3. The third-order valence-corrected chi connectivity index (χ3v) is 4.18. The molecule has 0 radical (unpaired) electrons. The molecule has 0 unspecified atom stereocenters. The molecule has 4 aromatic rings. The van der Waals surface area contributed by atoms with Gasteiger partial charge in [0.25, 0.3) is 0 Å². The third kappa shape index (κ3) is 2.52. The lowest BCUT2D eigenvalue weighted by atomic mass is 10.0. The number of H-pyrrole nitrogens is 1. The molecule has 1 N–H and O–H groups in total. The lowest BCUT2D eigenvalue weighted by Gasteiger charge is -2.10. The van der Waals surface area contributed by atoms with Crippen LogP contribution in [0.5, 0.6) is 0 Å². The number of rotatable bonds is 2. The third-order valence-electron chi connectivity index (χ3n) is 4.18. The number of aromatic nitrogens is 3. The topological polar surface area (TPSA) is 50.7 Å². The molecule has 2 aromatic carbocycles. The van der Waals surface area contributed by atoms with Crippen molar-refractivity contribution in [2.75, 3.05) is 0 Å². The lowest BCUT2D eigenvalue weighted by molar-refractivity contribution is 0.591. The van der Waals surface area contributed by atoms with Gasteiger partial charge >= 0.3 is 0 Å². The molecule has 2 heterocycles. The molecule has 2 aromatic heterocycles. The Morgan fingerprint density at radius 3 is 2.56 bits per heavy atom. The molecule has 0 aliphatic carbocycles. The minimum Gasteiger partial charge on any atom is -0.354 e. The van der Waals surface area contributed by atoms with Crippen molar-refractivity contribution in [3.8, 4) is 16.9 Å². The van der Waals surface area contributed by atoms with Crippen molar-refractivity contribution in [3.05, 3.63) is 82.3 Å². The summed E-state index contributed by atoms with van der Waals surface area (Å²) in [6.07, 6.45) is 3.51. The average molecular weight is 337 g/mol. The van der Waals surface area contributed by atoms with E-state index in [0.717, 1.165) is 23.4 Å². The lowest BCUT2D eigenvalue weighted by Crippen LogP contribution is -2.11. The van der Waals surface area contributed by atoms with Gasteiger partial charge in [0.1, 0.15) is 11.6 Å². The molecule has 124 valence electrons. The summed E-state index contributed by atoms with van der Waals surface area (Å²) in [5.41, 5.74) is 2.22. The smallest absolute Gasteiger partial charge is 0.195 e. The Morgan fingerprint density at radius 2 is 1.88 bits per heavy atom. The monoisotopic (exact) mass is 337 g/mol. The second kappa shape index (κ2) is 5.66. The molecule has 0 aliphatic heterocycles. The Labute approximate surface area is 141 Å². The van der Waals surface area contributed by atoms with Crippen LogP contribution in [0.15, 0.2) is 59.7 Å². The van der Waals surface area contributed by atoms with E-state index in [9.17, 15) is 13.6 Å². The largest absolute Gasteiger partial charge is 0.354 e. The van der Waals surface area contributed by atoms with Gasteiger partial charge in [0.15, 0.2) is 5.43 Å². The molecular formula is C19H13F2N3O. The summed E-state index contributed by atoms with van der Waals surface area (Å²) in [5.74, 6) is -1.59. The Kier molecular flexibility index (Phi) is 3.46. The van der Waals surface area contributed by atoms with E-state index >= 15 is 0 Å². The summed E-state index contributed by atoms with van der Waals surface area (Å²) in [4.78, 5) is 15.5. The van der Waals surface area contributed by atoms with Crippen LogP contribution in [-0.2, 0) is 0 Å². The molecule has 0 saturated heterocycles. The summed E-state index contributed by atoms with van der Waals surface area (Å²) < 4.78 is 29.2. The molecule has 0 spiro atoms. The highest BCUT2D eigenvalue weighted by Crippen LogP contribution is 2.24. The molecule has 0 atom stereocenters. The first-order valence-corrected chi connectivity index (χ1v) is 7.66. The van der Waals surface area contributed by atoms with E-state index in [-0.39, 0.29) is 10.9 Å². The molecule has 25 heavy (non-hydrogen) atoms. The van der Waals surface area contributed by atoms with Crippen LogP contribution in [0, 0.1) is 18.6 Å². The van der Waals surface area contributed by atoms with Crippen LogP contribution < -0.4 is 5.43 Å². The van der Waals surface area contributed by atoms with E-state index < -0.39 is 17.1 Å². The second-order valence-electron chi connectivity index (χ2n) is 5.76. The summed E-state index contributed by atoms with van der Waals surface area (Å²) in [6.45, 7) is 1.62. The second-order valence-corrected chi connectivity index (χ2v) is 5.76. The maximum Gasteiger partial charge on any atom is 0.195 e. The summed E-state index contributed by atoms with van der Waals surface area (Å²) in [6, 6.07) is 11.0. The van der Waals surface area contributed by atoms with Gasteiger partial charge in [0.2, 0.25) is 0 Å². The van der Waals surface area contributed by atoms with Crippen molar-refractivity contribution in [2.45, 2.75) is 6.92 Å². The maximum absolute atomic E-state index is 14.0. The van der Waals surface area contributed by atoms with E-state index in [1.165, 1.54) is 0 Å². The quantitative estimate of drug-likeness (QED) is 0.602. The van der Waals surface area contributed by atoms with Gasteiger partial charge in [-0.2, -0.15) is 5.10 Å². The Balaban J connectivity index is 1.89. The van der Waals surface area contributed by atoms with Crippen molar-refractivity contribution in [2.24, 2.45) is 0 Å². The van der Waals surface area contributed by atoms with Crippen LogP contribution in [-0.4, -0.2) is 14.8 Å². The summed E-state index contributed by atoms with van der Waals surface area (Å²) >= 11 is 0. The van der Waals surface area contributed by atoms with Gasteiger partial charge < -0.3 is 4.98 Å². The number of nitrogens with one attached hydrogen (secondary N) is 1. The van der Waals surface area contributed by atoms with Crippen LogP contribution in [0.25, 0.3) is 27.8 Å². The zero-order valence-corrected chi connectivity index (χ0v) is 13.3. The van der Waals surface area contributed by atoms with Crippen LogP contribution in [0.2, 0.25) is 0 Å². The summed E-state index contributed by atoms with van der Waals surface area (Å²) in [7, 11) is 0. The highest BCUT2D eigenvalue weighted by Gasteiger charge is 2.14. The number of halogens is 2. The van der Waals surface area contributed by atoms with Crippen LogP contribution in [0.4, 0.5) is 8.78 Å². The van der Waals surface area contributed by atoms with Gasteiger partial charge in [-0.15, -0.1) is 0 Å². The van der Waals surface area contributed by atoms with Gasteiger partial charge in [-0.25, -0.2) is 13.5 Å². The predicted molar refractivity (Wildman–Crippen MR) is 91.8 cm³/mol. The molecule has 0 bridgehead atoms. The highest BCUT2D eigenvalue weighted by molar-refractivity contribution is 5.83. The SMILES string of the molecule is Cc1c(-c2ccc(-n3cccn3)cc2)[nH]c2cc(F)cc(F)c2c1=O. The van der Waals surface area contributed by atoms with E-state index in [4.69, 9.17) is 0 Å². The van der Waals surface area contributed by atoms with E-state index in [1.807, 2.05) is 36.5 Å². The van der Waals surface area contributed by atoms with Crippen molar-refractivity contribution >= 4 is 10.9 Å². The minimum atomic E-state index is -0.861. The highest BCUT2D eigenvalue weighted by atomic mass is 19.1. The van der Waals surface area contributed by atoms with Gasteiger partial charge in [0, 0.05) is 24.0 Å². The van der Waals surface area contributed by atoms with E-state index in [0.29, 0.717) is 11.3 Å². The molecule has 0 fully saturated rings. The predicted octanol–water partition coefficient (Wildman–Crippen LogP) is 3.97. The molecule has 0 amide bonds. The number of fused-ring (bicyclic) bond motifs is 1. The fourth-order valence-corrected chi connectivity index (χ4v) is 2.92. The zero-order valence-electron chi connectivity index (χ0n) is 13.3. The van der Waals surface area contributed by atoms with Gasteiger partial charge in [-0.3, -0.25) is 4.79 Å². The minimum absolute atomic E-state index is 0.129. The van der Waals surface area contributed by atoms with Gasteiger partial charge in [-0.1, -0.05) is 12.1 Å². The number of hydrogen-bond donors (Lipinski definition) is 1. The molecule has 6 heteroatoms. The van der Waals surface area contributed by atoms with Crippen molar-refractivity contribution in [3.63, 3.8) is 0 Å². The van der Waals surface area contributed by atoms with Crippen molar-refractivity contribution in [1.82, 2.24) is 14.8 Å². The number of pyridine rings is 1. The fraction of sp³-hybridized carbons (Fsp3) is 0.0526.